The van der Waals surface area contributed by atoms with Crippen molar-refractivity contribution < 1.29 is 9.53 Å². The molecule has 120 valence electrons. The van der Waals surface area contributed by atoms with Gasteiger partial charge in [0.05, 0.1) is 13.3 Å². The van der Waals surface area contributed by atoms with Gasteiger partial charge in [0.25, 0.3) is 5.91 Å². The van der Waals surface area contributed by atoms with Gasteiger partial charge in [-0.25, -0.2) is 5.43 Å². The van der Waals surface area contributed by atoms with E-state index >= 15 is 0 Å². The van der Waals surface area contributed by atoms with Gasteiger partial charge in [-0.3, -0.25) is 4.79 Å². The Morgan fingerprint density at radius 3 is 2.74 bits per heavy atom. The number of benzene rings is 2. The van der Waals surface area contributed by atoms with Crippen LogP contribution in [0.2, 0.25) is 0 Å². The number of methoxy groups -OCH3 is 1. The first-order valence-corrected chi connectivity index (χ1v) is 7.38. The number of ether oxygens (including phenoxy) is 1. The van der Waals surface area contributed by atoms with Crippen LogP contribution in [0.4, 0.5) is 5.69 Å². The van der Waals surface area contributed by atoms with Crippen molar-refractivity contribution in [3.8, 4) is 5.75 Å². The summed E-state index contributed by atoms with van der Waals surface area (Å²) in [6, 6.07) is 14.9. The average molecular weight is 311 g/mol. The van der Waals surface area contributed by atoms with Crippen LogP contribution in [0.1, 0.15) is 18.1 Å². The summed E-state index contributed by atoms with van der Waals surface area (Å²) in [6.07, 6.45) is 1.58. The Morgan fingerprint density at radius 2 is 2.00 bits per heavy atom. The van der Waals surface area contributed by atoms with E-state index in [4.69, 9.17) is 4.74 Å². The largest absolute Gasteiger partial charge is 0.497 e. The molecule has 1 atom stereocenters. The lowest BCUT2D eigenvalue weighted by Crippen LogP contribution is -2.34. The third-order valence-electron chi connectivity index (χ3n) is 3.28. The minimum atomic E-state index is -0.390. The lowest BCUT2D eigenvalue weighted by atomic mass is 10.2. The van der Waals surface area contributed by atoms with Gasteiger partial charge in [0.2, 0.25) is 0 Å². The summed E-state index contributed by atoms with van der Waals surface area (Å²) in [7, 11) is 1.61. The predicted molar refractivity (Wildman–Crippen MR) is 93.0 cm³/mol. The number of aryl methyl sites for hydroxylation is 1. The summed E-state index contributed by atoms with van der Waals surface area (Å²) in [4.78, 5) is 12.0. The molecule has 0 saturated carbocycles. The van der Waals surface area contributed by atoms with Crippen molar-refractivity contribution in [2.45, 2.75) is 19.9 Å². The quantitative estimate of drug-likeness (QED) is 0.637. The van der Waals surface area contributed by atoms with Crippen LogP contribution < -0.4 is 15.5 Å². The summed E-state index contributed by atoms with van der Waals surface area (Å²) < 4.78 is 5.14. The van der Waals surface area contributed by atoms with Crippen molar-refractivity contribution in [3.05, 3.63) is 59.7 Å². The second kappa shape index (κ2) is 7.98. The zero-order valence-electron chi connectivity index (χ0n) is 13.5. The zero-order valence-corrected chi connectivity index (χ0v) is 13.5. The Hall–Kier alpha value is -2.82. The third-order valence-corrected chi connectivity index (χ3v) is 3.28. The van der Waals surface area contributed by atoms with E-state index in [2.05, 4.69) is 15.8 Å². The van der Waals surface area contributed by atoms with Crippen LogP contribution in [0.15, 0.2) is 53.6 Å². The molecule has 5 nitrogen and oxygen atoms in total. The highest BCUT2D eigenvalue weighted by atomic mass is 16.5. The molecule has 0 spiro atoms. The molecule has 2 aromatic rings. The highest BCUT2D eigenvalue weighted by molar-refractivity contribution is 5.86. The fourth-order valence-corrected chi connectivity index (χ4v) is 2.04. The van der Waals surface area contributed by atoms with E-state index in [1.165, 1.54) is 0 Å². The SMILES string of the molecule is COc1cccc(/C=N/NC(=O)C(C)Nc2cccc(C)c2)c1. The summed E-state index contributed by atoms with van der Waals surface area (Å²) in [6.45, 7) is 3.80. The second-order valence-electron chi connectivity index (χ2n) is 5.25. The number of amides is 1. The zero-order chi connectivity index (χ0) is 16.7. The van der Waals surface area contributed by atoms with Gasteiger partial charge in [0, 0.05) is 5.69 Å². The molecular weight excluding hydrogens is 290 g/mol. The van der Waals surface area contributed by atoms with Gasteiger partial charge in [-0.1, -0.05) is 24.3 Å². The molecule has 0 radical (unpaired) electrons. The lowest BCUT2D eigenvalue weighted by molar-refractivity contribution is -0.121. The standard InChI is InChI=1S/C18H21N3O2/c1-13-6-4-8-16(10-13)20-14(2)18(22)21-19-12-15-7-5-9-17(11-15)23-3/h4-12,14,20H,1-3H3,(H,21,22)/b19-12+. The molecule has 5 heteroatoms. The number of nitrogens with one attached hydrogen (secondary N) is 2. The van der Waals surface area contributed by atoms with Crippen LogP contribution in [0.5, 0.6) is 5.75 Å². The van der Waals surface area contributed by atoms with Gasteiger partial charge in [-0.15, -0.1) is 0 Å². The van der Waals surface area contributed by atoms with Crippen LogP contribution in [0.25, 0.3) is 0 Å². The van der Waals surface area contributed by atoms with Crippen LogP contribution in [0, 0.1) is 6.92 Å². The number of hydrogen-bond donors (Lipinski definition) is 2. The number of hydrogen-bond acceptors (Lipinski definition) is 4. The van der Waals surface area contributed by atoms with E-state index in [9.17, 15) is 4.79 Å². The second-order valence-corrected chi connectivity index (χ2v) is 5.25. The monoisotopic (exact) mass is 311 g/mol. The Morgan fingerprint density at radius 1 is 1.22 bits per heavy atom. The van der Waals surface area contributed by atoms with E-state index in [1.807, 2.05) is 55.5 Å². The van der Waals surface area contributed by atoms with Crippen molar-refractivity contribution in [2.75, 3.05) is 12.4 Å². The highest BCUT2D eigenvalue weighted by Crippen LogP contribution is 2.11. The summed E-state index contributed by atoms with van der Waals surface area (Å²) in [5, 5.41) is 7.12. The Balaban J connectivity index is 1.89. The van der Waals surface area contributed by atoms with Gasteiger partial charge < -0.3 is 10.1 Å². The maximum absolute atomic E-state index is 12.0. The minimum Gasteiger partial charge on any atom is -0.497 e. The maximum atomic E-state index is 12.0. The first-order chi connectivity index (χ1) is 11.1. The number of hydrazone groups is 1. The van der Waals surface area contributed by atoms with Gasteiger partial charge in [0.1, 0.15) is 11.8 Å². The van der Waals surface area contributed by atoms with Crippen molar-refractivity contribution in [1.82, 2.24) is 5.43 Å². The van der Waals surface area contributed by atoms with Gasteiger partial charge >= 0.3 is 0 Å². The van der Waals surface area contributed by atoms with Crippen LogP contribution in [-0.2, 0) is 4.79 Å². The molecule has 0 aliphatic heterocycles. The van der Waals surface area contributed by atoms with E-state index < -0.39 is 0 Å². The number of anilines is 1. The molecule has 0 aliphatic carbocycles. The van der Waals surface area contributed by atoms with Crippen molar-refractivity contribution in [1.29, 1.82) is 0 Å². The molecule has 0 aromatic heterocycles. The normalized spacial score (nSPS) is 12.0. The molecule has 2 rings (SSSR count). The summed E-state index contributed by atoms with van der Waals surface area (Å²) in [5.74, 6) is 0.542. The average Bonchev–Trinajstić information content (AvgIpc) is 2.55. The molecule has 0 aliphatic rings. The molecule has 0 saturated heterocycles. The number of rotatable bonds is 6. The Bertz CT molecular complexity index is 698. The van der Waals surface area contributed by atoms with Gasteiger partial charge in [0.15, 0.2) is 0 Å². The van der Waals surface area contributed by atoms with Crippen LogP contribution in [0.3, 0.4) is 0 Å². The molecule has 1 unspecified atom stereocenters. The fourth-order valence-electron chi connectivity index (χ4n) is 2.04. The molecule has 2 N–H and O–H groups in total. The molecule has 2 aromatic carbocycles. The lowest BCUT2D eigenvalue weighted by Gasteiger charge is -2.13. The summed E-state index contributed by atoms with van der Waals surface area (Å²) >= 11 is 0. The molecule has 0 heterocycles. The highest BCUT2D eigenvalue weighted by Gasteiger charge is 2.11. The van der Waals surface area contributed by atoms with Crippen molar-refractivity contribution in [3.63, 3.8) is 0 Å². The van der Waals surface area contributed by atoms with Crippen LogP contribution >= 0.6 is 0 Å². The molecule has 23 heavy (non-hydrogen) atoms. The Labute approximate surface area is 136 Å². The Kier molecular flexibility index (Phi) is 5.74. The molecule has 0 fully saturated rings. The molecular formula is C18H21N3O2. The topological polar surface area (TPSA) is 62.7 Å². The van der Waals surface area contributed by atoms with Gasteiger partial charge in [-0.05, 0) is 49.2 Å². The first-order valence-electron chi connectivity index (χ1n) is 7.38. The molecule has 0 bridgehead atoms. The van der Waals surface area contributed by atoms with Gasteiger partial charge in [-0.2, -0.15) is 5.10 Å². The third kappa shape index (κ3) is 5.14. The van der Waals surface area contributed by atoms with Crippen molar-refractivity contribution in [2.24, 2.45) is 5.10 Å². The maximum Gasteiger partial charge on any atom is 0.262 e. The smallest absolute Gasteiger partial charge is 0.262 e. The summed E-state index contributed by atoms with van der Waals surface area (Å²) in [5.41, 5.74) is 5.43. The fraction of sp³-hybridized carbons (Fsp3) is 0.222. The van der Waals surface area contributed by atoms with Crippen LogP contribution in [-0.4, -0.2) is 25.3 Å². The van der Waals surface area contributed by atoms with E-state index in [1.54, 1.807) is 20.2 Å². The predicted octanol–water partition coefficient (Wildman–Crippen LogP) is 2.95. The van der Waals surface area contributed by atoms with E-state index in [-0.39, 0.29) is 11.9 Å². The number of carbonyl (C=O) groups excluding carboxylic acids is 1. The van der Waals surface area contributed by atoms with E-state index in [0.717, 1.165) is 22.6 Å². The minimum absolute atomic E-state index is 0.203. The molecule has 1 amide bonds. The first kappa shape index (κ1) is 16.5. The van der Waals surface area contributed by atoms with Crippen molar-refractivity contribution >= 4 is 17.8 Å². The van der Waals surface area contributed by atoms with E-state index in [0.29, 0.717) is 0 Å². The number of nitrogens with zero attached hydrogens (tertiary/aromatic N) is 1. The number of carbonyl (C=O) groups is 1.